The maximum Gasteiger partial charge on any atom is 0.227 e. The average molecular weight is 353 g/mol. The summed E-state index contributed by atoms with van der Waals surface area (Å²) in [5.74, 6) is -0.107. The number of aromatic nitrogens is 2. The van der Waals surface area contributed by atoms with Crippen LogP contribution < -0.4 is 5.73 Å². The largest absolute Gasteiger partial charge is 0.369 e. The molecule has 8 heteroatoms. The highest BCUT2D eigenvalue weighted by Gasteiger charge is 2.17. The van der Waals surface area contributed by atoms with Gasteiger partial charge in [-0.3, -0.25) is 9.69 Å². The number of nitrogens with zero attached hydrogens (tertiary/aromatic N) is 3. The van der Waals surface area contributed by atoms with Crippen LogP contribution in [-0.2, 0) is 24.4 Å². The van der Waals surface area contributed by atoms with Crippen molar-refractivity contribution in [1.82, 2.24) is 14.7 Å². The van der Waals surface area contributed by atoms with E-state index in [4.69, 9.17) is 18.0 Å². The lowest BCUT2D eigenvalue weighted by molar-refractivity contribution is -0.115. The number of thioether (sulfide) groups is 1. The first kappa shape index (κ1) is 15.7. The number of primary amides is 1. The van der Waals surface area contributed by atoms with Crippen LogP contribution in [0.25, 0.3) is 0 Å². The van der Waals surface area contributed by atoms with Crippen LogP contribution in [0, 0.1) is 3.95 Å². The molecule has 0 spiro atoms. The second kappa shape index (κ2) is 6.91. The summed E-state index contributed by atoms with van der Waals surface area (Å²) < 4.78 is 3.35. The molecule has 0 saturated carbocycles. The summed E-state index contributed by atoms with van der Waals surface area (Å²) in [6.45, 7) is 2.60. The zero-order chi connectivity index (χ0) is 15.5. The quantitative estimate of drug-likeness (QED) is 0.661. The number of fused-ring (bicyclic) bond motifs is 1. The first-order valence-electron chi connectivity index (χ1n) is 6.90. The molecule has 1 amide bonds. The lowest BCUT2D eigenvalue weighted by Gasteiger charge is -2.28. The zero-order valence-corrected chi connectivity index (χ0v) is 14.3. The van der Waals surface area contributed by atoms with Gasteiger partial charge in [0.1, 0.15) is 0 Å². The van der Waals surface area contributed by atoms with Gasteiger partial charge in [-0.1, -0.05) is 47.4 Å². The summed E-state index contributed by atoms with van der Waals surface area (Å²) in [6.07, 6.45) is 1.05. The van der Waals surface area contributed by atoms with Gasteiger partial charge in [0.2, 0.25) is 5.91 Å². The summed E-state index contributed by atoms with van der Waals surface area (Å²) in [4.78, 5) is 13.2. The van der Waals surface area contributed by atoms with Gasteiger partial charge in [-0.2, -0.15) is 5.10 Å². The number of carbonyl (C=O) groups excluding carboxylic acids is 1. The molecule has 1 aromatic heterocycles. The molecule has 0 aliphatic carbocycles. The molecular weight excluding hydrogens is 336 g/mol. The van der Waals surface area contributed by atoms with E-state index in [9.17, 15) is 4.79 Å². The molecule has 3 rings (SSSR count). The van der Waals surface area contributed by atoms with E-state index in [1.807, 2.05) is 4.68 Å². The molecule has 0 atom stereocenters. The van der Waals surface area contributed by atoms with E-state index >= 15 is 0 Å². The predicted octanol–water partition coefficient (Wildman–Crippen LogP) is 2.27. The van der Waals surface area contributed by atoms with Gasteiger partial charge in [-0.15, -0.1) is 0 Å². The minimum atomic E-state index is -0.342. The molecule has 116 valence electrons. The van der Waals surface area contributed by atoms with Gasteiger partial charge in [-0.25, -0.2) is 4.68 Å². The first-order valence-corrected chi connectivity index (χ1v) is 9.11. The standard InChI is InChI=1S/C14H16N4OS3/c15-12(19)8-21-13-16-18(14(20)22-13)9-17-6-5-10-3-1-2-4-11(10)7-17/h1-4H,5-9H2,(H2,15,19). The Hall–Kier alpha value is -1.22. The van der Waals surface area contributed by atoms with Crippen molar-refractivity contribution in [2.45, 2.75) is 24.0 Å². The molecular formula is C14H16N4OS3. The second-order valence-electron chi connectivity index (χ2n) is 5.10. The van der Waals surface area contributed by atoms with Crippen molar-refractivity contribution in [3.05, 3.63) is 39.3 Å². The molecule has 1 aliphatic heterocycles. The number of hydrogen-bond donors (Lipinski definition) is 1. The summed E-state index contributed by atoms with van der Waals surface area (Å²) in [7, 11) is 0. The van der Waals surface area contributed by atoms with Crippen LogP contribution >= 0.6 is 35.3 Å². The molecule has 1 aromatic carbocycles. The first-order chi connectivity index (χ1) is 10.6. The highest BCUT2D eigenvalue weighted by molar-refractivity contribution is 8.01. The Morgan fingerprint density at radius 2 is 2.18 bits per heavy atom. The monoisotopic (exact) mass is 352 g/mol. The van der Waals surface area contributed by atoms with Gasteiger partial charge in [0.25, 0.3) is 0 Å². The third kappa shape index (κ3) is 3.75. The van der Waals surface area contributed by atoms with Crippen molar-refractivity contribution < 1.29 is 4.79 Å². The van der Waals surface area contributed by atoms with Crippen molar-refractivity contribution in [2.24, 2.45) is 5.73 Å². The maximum absolute atomic E-state index is 10.8. The Bertz CT molecular complexity index is 740. The minimum Gasteiger partial charge on any atom is -0.369 e. The fourth-order valence-electron chi connectivity index (χ4n) is 2.43. The van der Waals surface area contributed by atoms with Gasteiger partial charge >= 0.3 is 0 Å². The van der Waals surface area contributed by atoms with Gasteiger partial charge in [0.05, 0.1) is 12.4 Å². The van der Waals surface area contributed by atoms with Gasteiger partial charge in [-0.05, 0) is 29.8 Å². The highest BCUT2D eigenvalue weighted by Crippen LogP contribution is 2.23. The summed E-state index contributed by atoms with van der Waals surface area (Å²) in [6, 6.07) is 8.54. The number of rotatable bonds is 5. The maximum atomic E-state index is 10.8. The van der Waals surface area contributed by atoms with Crippen LogP contribution in [0.2, 0.25) is 0 Å². The molecule has 22 heavy (non-hydrogen) atoms. The summed E-state index contributed by atoms with van der Waals surface area (Å²) in [5, 5.41) is 4.48. The number of nitrogens with two attached hydrogens (primary N) is 1. The molecule has 5 nitrogen and oxygen atoms in total. The van der Waals surface area contributed by atoms with Crippen molar-refractivity contribution in [2.75, 3.05) is 12.3 Å². The van der Waals surface area contributed by atoms with E-state index in [0.717, 1.165) is 27.8 Å². The Morgan fingerprint density at radius 1 is 1.41 bits per heavy atom. The summed E-state index contributed by atoms with van der Waals surface area (Å²) >= 11 is 8.13. The molecule has 1 aliphatic rings. The number of benzene rings is 1. The third-order valence-corrected chi connectivity index (χ3v) is 5.93. The Morgan fingerprint density at radius 3 is 2.95 bits per heavy atom. The fourth-order valence-corrected chi connectivity index (χ4v) is 4.49. The van der Waals surface area contributed by atoms with E-state index in [1.54, 1.807) is 0 Å². The highest BCUT2D eigenvalue weighted by atomic mass is 32.2. The van der Waals surface area contributed by atoms with Crippen molar-refractivity contribution in [3.63, 3.8) is 0 Å². The van der Waals surface area contributed by atoms with Gasteiger partial charge in [0.15, 0.2) is 8.29 Å². The molecule has 2 aromatic rings. The normalized spacial score (nSPS) is 14.7. The van der Waals surface area contributed by atoms with E-state index < -0.39 is 0 Å². The van der Waals surface area contributed by atoms with Crippen LogP contribution in [0.3, 0.4) is 0 Å². The third-order valence-electron chi connectivity index (χ3n) is 3.47. The van der Waals surface area contributed by atoms with E-state index in [-0.39, 0.29) is 11.7 Å². The van der Waals surface area contributed by atoms with Crippen molar-refractivity contribution in [1.29, 1.82) is 0 Å². The Kier molecular flexibility index (Phi) is 4.92. The van der Waals surface area contributed by atoms with Gasteiger partial charge < -0.3 is 5.73 Å². The summed E-state index contributed by atoms with van der Waals surface area (Å²) in [5.41, 5.74) is 7.96. The topological polar surface area (TPSA) is 64.2 Å². The average Bonchev–Trinajstić information content (AvgIpc) is 2.85. The van der Waals surface area contributed by atoms with Crippen LogP contribution in [0.4, 0.5) is 0 Å². The molecule has 0 saturated heterocycles. The zero-order valence-electron chi connectivity index (χ0n) is 11.9. The molecule has 0 bridgehead atoms. The molecule has 0 unspecified atom stereocenters. The predicted molar refractivity (Wildman–Crippen MR) is 91.4 cm³/mol. The molecule has 0 radical (unpaired) electrons. The molecule has 2 heterocycles. The number of hydrogen-bond acceptors (Lipinski definition) is 6. The van der Waals surface area contributed by atoms with Crippen LogP contribution in [0.15, 0.2) is 28.6 Å². The number of carbonyl (C=O) groups is 1. The lowest BCUT2D eigenvalue weighted by atomic mass is 10.0. The van der Waals surface area contributed by atoms with E-state index in [0.29, 0.717) is 6.67 Å². The second-order valence-corrected chi connectivity index (χ2v) is 7.95. The Balaban J connectivity index is 1.67. The van der Waals surface area contributed by atoms with Crippen LogP contribution in [0.5, 0.6) is 0 Å². The van der Waals surface area contributed by atoms with Crippen molar-refractivity contribution in [3.8, 4) is 0 Å². The number of amides is 1. The smallest absolute Gasteiger partial charge is 0.227 e. The SMILES string of the molecule is NC(=O)CSc1nn(CN2CCc3ccccc3C2)c(=S)s1. The fraction of sp³-hybridized carbons (Fsp3) is 0.357. The van der Waals surface area contributed by atoms with Crippen LogP contribution in [-0.4, -0.2) is 32.9 Å². The minimum absolute atomic E-state index is 0.235. The lowest BCUT2D eigenvalue weighted by Crippen LogP contribution is -2.32. The van der Waals surface area contributed by atoms with E-state index in [2.05, 4.69) is 34.3 Å². The van der Waals surface area contributed by atoms with E-state index in [1.165, 1.54) is 34.2 Å². The Labute approximate surface area is 142 Å². The van der Waals surface area contributed by atoms with Crippen molar-refractivity contribution >= 4 is 41.2 Å². The molecule has 2 N–H and O–H groups in total. The van der Waals surface area contributed by atoms with Gasteiger partial charge in [0, 0.05) is 13.1 Å². The molecule has 0 fully saturated rings. The van der Waals surface area contributed by atoms with Crippen LogP contribution in [0.1, 0.15) is 11.1 Å².